The summed E-state index contributed by atoms with van der Waals surface area (Å²) in [7, 11) is 2.05. The van der Waals surface area contributed by atoms with Gasteiger partial charge in [-0.05, 0) is 57.7 Å². The fraction of sp³-hybridized carbons (Fsp3) is 0.643. The van der Waals surface area contributed by atoms with E-state index in [1.54, 1.807) is 6.20 Å². The molecule has 0 saturated heterocycles. The Labute approximate surface area is 104 Å². The van der Waals surface area contributed by atoms with Crippen LogP contribution in [-0.4, -0.2) is 24.2 Å². The average Bonchev–Trinajstić information content (AvgIpc) is 2.77. The summed E-state index contributed by atoms with van der Waals surface area (Å²) in [5, 5.41) is 3.36. The Morgan fingerprint density at radius 3 is 2.82 bits per heavy atom. The van der Waals surface area contributed by atoms with Crippen molar-refractivity contribution in [1.82, 2.24) is 10.3 Å². The Hall–Kier alpha value is -1.09. The molecule has 2 atom stereocenters. The first-order chi connectivity index (χ1) is 8.19. The molecule has 0 spiro atoms. The van der Waals surface area contributed by atoms with Gasteiger partial charge in [0.15, 0.2) is 0 Å². The third-order valence-corrected chi connectivity index (χ3v) is 3.42. The number of rotatable bonds is 4. The molecule has 2 unspecified atom stereocenters. The van der Waals surface area contributed by atoms with Crippen LogP contribution in [0.15, 0.2) is 18.5 Å². The molecule has 3 heteroatoms. The van der Waals surface area contributed by atoms with Crippen LogP contribution in [0.4, 0.5) is 0 Å². The Kier molecular flexibility index (Phi) is 4.00. The second-order valence-corrected chi connectivity index (χ2v) is 5.12. The van der Waals surface area contributed by atoms with Gasteiger partial charge >= 0.3 is 0 Å². The van der Waals surface area contributed by atoms with Gasteiger partial charge in [0.05, 0.1) is 12.3 Å². The molecule has 2 rings (SSSR count). The lowest BCUT2D eigenvalue weighted by Gasteiger charge is -2.14. The van der Waals surface area contributed by atoms with E-state index in [0.717, 1.165) is 5.75 Å². The van der Waals surface area contributed by atoms with Crippen molar-refractivity contribution >= 4 is 0 Å². The van der Waals surface area contributed by atoms with Crippen LogP contribution >= 0.6 is 0 Å². The fourth-order valence-electron chi connectivity index (χ4n) is 2.54. The molecule has 1 aromatic heterocycles. The molecule has 17 heavy (non-hydrogen) atoms. The van der Waals surface area contributed by atoms with E-state index < -0.39 is 0 Å². The molecule has 3 nitrogen and oxygen atoms in total. The van der Waals surface area contributed by atoms with E-state index in [2.05, 4.69) is 16.4 Å². The first kappa shape index (κ1) is 12.4. The van der Waals surface area contributed by atoms with Gasteiger partial charge in [-0.2, -0.15) is 0 Å². The summed E-state index contributed by atoms with van der Waals surface area (Å²) >= 11 is 0. The van der Waals surface area contributed by atoms with Gasteiger partial charge in [-0.15, -0.1) is 0 Å². The van der Waals surface area contributed by atoms with Crippen molar-refractivity contribution in [2.24, 2.45) is 0 Å². The van der Waals surface area contributed by atoms with Gasteiger partial charge < -0.3 is 10.1 Å². The normalized spacial score (nSPS) is 24.2. The Balaban J connectivity index is 2.06. The maximum Gasteiger partial charge on any atom is 0.138 e. The average molecular weight is 234 g/mol. The van der Waals surface area contributed by atoms with E-state index in [0.29, 0.717) is 12.0 Å². The minimum Gasteiger partial charge on any atom is -0.489 e. The Morgan fingerprint density at radius 1 is 1.35 bits per heavy atom. The molecule has 0 radical (unpaired) electrons. The third kappa shape index (κ3) is 3.19. The number of hydrogen-bond acceptors (Lipinski definition) is 3. The summed E-state index contributed by atoms with van der Waals surface area (Å²) in [6.07, 6.45) is 7.71. The van der Waals surface area contributed by atoms with Gasteiger partial charge in [0, 0.05) is 12.2 Å². The number of ether oxygens (including phenoxy) is 1. The first-order valence-electron chi connectivity index (χ1n) is 6.48. The molecule has 1 fully saturated rings. The molecule has 1 aliphatic rings. The van der Waals surface area contributed by atoms with E-state index in [9.17, 15) is 0 Å². The van der Waals surface area contributed by atoms with E-state index >= 15 is 0 Å². The molecule has 0 amide bonds. The molecule has 0 bridgehead atoms. The number of nitrogens with zero attached hydrogens (tertiary/aromatic N) is 1. The third-order valence-electron chi connectivity index (χ3n) is 3.42. The molecule has 1 saturated carbocycles. The Bertz CT molecular complexity index is 365. The van der Waals surface area contributed by atoms with Crippen LogP contribution in [0.5, 0.6) is 5.75 Å². The summed E-state index contributed by atoms with van der Waals surface area (Å²) in [5.41, 5.74) is 1.32. The topological polar surface area (TPSA) is 34.2 Å². The maximum atomic E-state index is 5.69. The van der Waals surface area contributed by atoms with Gasteiger partial charge in [0.1, 0.15) is 5.75 Å². The molecule has 1 aromatic rings. The van der Waals surface area contributed by atoms with Crippen LogP contribution in [0.1, 0.15) is 44.6 Å². The van der Waals surface area contributed by atoms with Gasteiger partial charge in [-0.1, -0.05) is 0 Å². The van der Waals surface area contributed by atoms with Crippen LogP contribution in [-0.2, 0) is 0 Å². The first-order valence-corrected chi connectivity index (χ1v) is 6.48. The minimum absolute atomic E-state index is 0.209. The molecule has 0 aromatic carbocycles. The van der Waals surface area contributed by atoms with Gasteiger partial charge in [-0.25, -0.2) is 0 Å². The lowest BCUT2D eigenvalue weighted by molar-refractivity contribution is 0.241. The monoisotopic (exact) mass is 234 g/mol. The highest BCUT2D eigenvalue weighted by Gasteiger charge is 2.25. The zero-order chi connectivity index (χ0) is 12.3. The zero-order valence-corrected chi connectivity index (χ0v) is 10.9. The van der Waals surface area contributed by atoms with Crippen molar-refractivity contribution in [3.63, 3.8) is 0 Å². The van der Waals surface area contributed by atoms with Crippen LogP contribution in [0.2, 0.25) is 0 Å². The quantitative estimate of drug-likeness (QED) is 0.869. The smallest absolute Gasteiger partial charge is 0.138 e. The van der Waals surface area contributed by atoms with Crippen LogP contribution < -0.4 is 10.1 Å². The highest BCUT2D eigenvalue weighted by Crippen LogP contribution is 2.35. The van der Waals surface area contributed by atoms with Crippen molar-refractivity contribution in [2.75, 3.05) is 7.05 Å². The van der Waals surface area contributed by atoms with Crippen molar-refractivity contribution in [1.29, 1.82) is 0 Å². The molecule has 1 N–H and O–H groups in total. The second kappa shape index (κ2) is 5.50. The van der Waals surface area contributed by atoms with Crippen molar-refractivity contribution in [2.45, 2.75) is 51.2 Å². The zero-order valence-electron chi connectivity index (χ0n) is 10.9. The predicted octanol–water partition coefficient (Wildman–Crippen LogP) is 2.72. The minimum atomic E-state index is 0.209. The summed E-state index contributed by atoms with van der Waals surface area (Å²) in [4.78, 5) is 4.29. The molecule has 1 heterocycles. The van der Waals surface area contributed by atoms with Crippen molar-refractivity contribution < 1.29 is 4.74 Å². The van der Waals surface area contributed by atoms with Gasteiger partial charge in [-0.3, -0.25) is 4.98 Å². The van der Waals surface area contributed by atoms with Crippen LogP contribution in [0.25, 0.3) is 0 Å². The summed E-state index contributed by atoms with van der Waals surface area (Å²) in [6, 6.07) is 2.81. The number of nitrogens with one attached hydrogen (secondary N) is 1. The number of hydrogen-bond donors (Lipinski definition) is 1. The summed E-state index contributed by atoms with van der Waals surface area (Å²) in [6.45, 7) is 4.08. The summed E-state index contributed by atoms with van der Waals surface area (Å²) in [5.74, 6) is 1.53. The van der Waals surface area contributed by atoms with E-state index in [1.165, 1.54) is 24.8 Å². The summed E-state index contributed by atoms with van der Waals surface area (Å²) < 4.78 is 5.69. The highest BCUT2D eigenvalue weighted by molar-refractivity contribution is 5.27. The molecule has 94 valence electrons. The van der Waals surface area contributed by atoms with Crippen molar-refractivity contribution in [3.05, 3.63) is 24.0 Å². The number of pyridine rings is 1. The van der Waals surface area contributed by atoms with Crippen LogP contribution in [0, 0.1) is 0 Å². The lowest BCUT2D eigenvalue weighted by atomic mass is 9.99. The standard InChI is InChI=1S/C14H22N2O/c1-10(2)17-14-7-12(8-16-9-14)11-4-5-13(6-11)15-3/h7-11,13,15H,4-6H2,1-3H3. The molecule has 0 aliphatic heterocycles. The van der Waals surface area contributed by atoms with Crippen LogP contribution in [0.3, 0.4) is 0 Å². The van der Waals surface area contributed by atoms with Gasteiger partial charge in [0.2, 0.25) is 0 Å². The molecular formula is C14H22N2O. The SMILES string of the molecule is CNC1CCC(c2cncc(OC(C)C)c2)C1. The predicted molar refractivity (Wildman–Crippen MR) is 69.4 cm³/mol. The van der Waals surface area contributed by atoms with E-state index in [-0.39, 0.29) is 6.10 Å². The highest BCUT2D eigenvalue weighted by atomic mass is 16.5. The van der Waals surface area contributed by atoms with E-state index in [4.69, 9.17) is 4.74 Å². The molecule has 1 aliphatic carbocycles. The fourth-order valence-corrected chi connectivity index (χ4v) is 2.54. The number of aromatic nitrogens is 1. The maximum absolute atomic E-state index is 5.69. The largest absolute Gasteiger partial charge is 0.489 e. The lowest BCUT2D eigenvalue weighted by Crippen LogP contribution is -2.21. The Morgan fingerprint density at radius 2 is 2.18 bits per heavy atom. The second-order valence-electron chi connectivity index (χ2n) is 5.12. The van der Waals surface area contributed by atoms with Gasteiger partial charge in [0.25, 0.3) is 0 Å². The van der Waals surface area contributed by atoms with E-state index in [1.807, 2.05) is 27.1 Å². The molecular weight excluding hydrogens is 212 g/mol. The van der Waals surface area contributed by atoms with Crippen molar-refractivity contribution in [3.8, 4) is 5.75 Å².